The lowest BCUT2D eigenvalue weighted by Crippen LogP contribution is -2.20. The molecule has 2 N–H and O–H groups in total. The van der Waals surface area contributed by atoms with Crippen LogP contribution in [0.1, 0.15) is 59.4 Å². The molecule has 0 bridgehead atoms. The fourth-order valence-corrected chi connectivity index (χ4v) is 6.17. The molecule has 40 heavy (non-hydrogen) atoms. The third kappa shape index (κ3) is 3.94. The molecule has 2 aliphatic heterocycles. The molecule has 0 unspecified atom stereocenters. The minimum absolute atomic E-state index is 0.0821. The average molecular weight is 584 g/mol. The number of ether oxygens (including phenoxy) is 4. The van der Waals surface area contributed by atoms with Gasteiger partial charge in [-0.1, -0.05) is 0 Å². The van der Waals surface area contributed by atoms with Crippen molar-refractivity contribution in [1.82, 2.24) is 0 Å². The molecular weight excluding hydrogens is 576 g/mol. The molecule has 0 atom stereocenters. The molecule has 6 rings (SSSR count). The summed E-state index contributed by atoms with van der Waals surface area (Å²) in [6, 6.07) is 5.20. The maximum Gasteiger partial charge on any atom is 0.356 e. The lowest BCUT2D eigenvalue weighted by molar-refractivity contribution is -0.121. The molecule has 0 saturated carbocycles. The van der Waals surface area contributed by atoms with E-state index < -0.39 is 35.8 Å². The lowest BCUT2D eigenvalue weighted by atomic mass is 9.97. The molecule has 4 aromatic rings. The van der Waals surface area contributed by atoms with Crippen LogP contribution in [0.25, 0.3) is 21.5 Å². The van der Waals surface area contributed by atoms with Gasteiger partial charge in [0, 0.05) is 10.8 Å². The van der Waals surface area contributed by atoms with Crippen molar-refractivity contribution in [3.63, 3.8) is 0 Å². The van der Waals surface area contributed by atoms with E-state index in [0.29, 0.717) is 22.1 Å². The number of esters is 4. The Labute approximate surface area is 226 Å². The zero-order valence-corrected chi connectivity index (χ0v) is 20.7. The van der Waals surface area contributed by atoms with E-state index in [9.17, 15) is 38.4 Å². The topological polar surface area (TPSA) is 214 Å². The maximum atomic E-state index is 11.7. The number of thiophene rings is 2. The molecule has 200 valence electrons. The van der Waals surface area contributed by atoms with Crippen LogP contribution in [0.3, 0.4) is 0 Å². The second-order valence-electron chi connectivity index (χ2n) is 7.64. The fourth-order valence-electron chi connectivity index (χ4n) is 4.10. The van der Waals surface area contributed by atoms with E-state index >= 15 is 0 Å². The molecule has 2 aromatic heterocycles. The van der Waals surface area contributed by atoms with Crippen molar-refractivity contribution in [3.8, 4) is 11.5 Å². The minimum Gasteiger partial charge on any atom is -0.477 e. The zero-order valence-electron chi connectivity index (χ0n) is 19.1. The minimum atomic E-state index is -1.39. The van der Waals surface area contributed by atoms with Crippen molar-refractivity contribution >= 4 is 93.0 Å². The molecule has 0 spiro atoms. The van der Waals surface area contributed by atoms with Gasteiger partial charge in [0.2, 0.25) is 0 Å². The van der Waals surface area contributed by atoms with Gasteiger partial charge in [0.1, 0.15) is 31.0 Å². The summed E-state index contributed by atoms with van der Waals surface area (Å²) in [5, 5.41) is 18.7. The van der Waals surface area contributed by atoms with Crippen molar-refractivity contribution in [2.45, 2.75) is 0 Å². The number of cyclic esters (lactones) is 4. The average Bonchev–Trinajstić information content (AvgIpc) is 3.51. The maximum absolute atomic E-state index is 11.7. The molecule has 0 fully saturated rings. The van der Waals surface area contributed by atoms with Gasteiger partial charge in [-0.2, -0.15) is 0 Å². The van der Waals surface area contributed by atoms with E-state index in [2.05, 4.69) is 18.9 Å². The second kappa shape index (κ2) is 9.68. The summed E-state index contributed by atoms with van der Waals surface area (Å²) in [7, 11) is 0. The lowest BCUT2D eigenvalue weighted by Gasteiger charge is -2.14. The highest BCUT2D eigenvalue weighted by Crippen LogP contribution is 2.43. The number of carbonyl (C=O) groups is 8. The summed E-state index contributed by atoms with van der Waals surface area (Å²) in [4.78, 5) is 89.6. The highest BCUT2D eigenvalue weighted by Gasteiger charge is 2.38. The number of benzene rings is 2. The van der Waals surface area contributed by atoms with E-state index in [0.717, 1.165) is 11.3 Å². The van der Waals surface area contributed by atoms with E-state index in [1.54, 1.807) is 0 Å². The van der Waals surface area contributed by atoms with Crippen LogP contribution in [-0.2, 0) is 19.1 Å². The Bertz CT molecular complexity index is 1750. The first-order valence-corrected chi connectivity index (χ1v) is 12.1. The van der Waals surface area contributed by atoms with E-state index in [1.165, 1.54) is 24.3 Å². The number of hydrogen-bond donors (Lipinski definition) is 2. The number of carboxylic acids is 2. The van der Waals surface area contributed by atoms with Gasteiger partial charge in [-0.05, 0) is 24.3 Å². The van der Waals surface area contributed by atoms with Crippen LogP contribution in [-0.4, -0.2) is 59.0 Å². The summed E-state index contributed by atoms with van der Waals surface area (Å²) >= 11 is 1.35. The van der Waals surface area contributed by atoms with Crippen molar-refractivity contribution in [1.29, 1.82) is 0 Å². The number of carbonyl (C=O) groups excluding carboxylic acids is 6. The quantitative estimate of drug-likeness (QED) is 0.189. The zero-order chi connectivity index (χ0) is 28.9. The van der Waals surface area contributed by atoms with E-state index in [4.69, 9.17) is 10.2 Å². The Morgan fingerprint density at radius 1 is 0.625 bits per heavy atom. The Morgan fingerprint density at radius 2 is 1.02 bits per heavy atom. The first-order valence-electron chi connectivity index (χ1n) is 10.5. The van der Waals surface area contributed by atoms with Gasteiger partial charge >= 0.3 is 35.8 Å². The van der Waals surface area contributed by atoms with E-state index in [1.807, 2.05) is 0 Å². The second-order valence-corrected chi connectivity index (χ2v) is 9.68. The van der Waals surface area contributed by atoms with E-state index in [-0.39, 0.29) is 65.9 Å². The Kier molecular flexibility index (Phi) is 6.32. The van der Waals surface area contributed by atoms with Gasteiger partial charge in [-0.25, -0.2) is 28.8 Å². The molecule has 0 amide bonds. The van der Waals surface area contributed by atoms with Gasteiger partial charge in [0.25, 0.3) is 12.9 Å². The van der Waals surface area contributed by atoms with Crippen LogP contribution < -0.4 is 9.47 Å². The molecule has 2 aromatic carbocycles. The summed E-state index contributed by atoms with van der Waals surface area (Å²) < 4.78 is 18.5. The number of fused-ring (bicyclic) bond motifs is 1. The van der Waals surface area contributed by atoms with Gasteiger partial charge in [-0.3, -0.25) is 9.59 Å². The van der Waals surface area contributed by atoms with Crippen LogP contribution >= 0.6 is 22.7 Å². The van der Waals surface area contributed by atoms with Crippen LogP contribution in [0.15, 0.2) is 24.3 Å². The van der Waals surface area contributed by atoms with Crippen LogP contribution in [0.2, 0.25) is 0 Å². The monoisotopic (exact) mass is 584 g/mol. The Balaban J connectivity index is 0.000000162. The first kappa shape index (κ1) is 26.1. The highest BCUT2D eigenvalue weighted by atomic mass is 32.1. The molecule has 2 aliphatic rings. The van der Waals surface area contributed by atoms with Gasteiger partial charge in [0.05, 0.1) is 21.9 Å². The predicted molar refractivity (Wildman–Crippen MR) is 130 cm³/mol. The number of hydrogen-bond acceptors (Lipinski definition) is 14. The van der Waals surface area contributed by atoms with Gasteiger partial charge in [-0.15, -0.1) is 22.7 Å². The fraction of sp³-hybridized carbons (Fsp3) is 0. The van der Waals surface area contributed by atoms with Crippen LogP contribution in [0.4, 0.5) is 0 Å². The van der Waals surface area contributed by atoms with Crippen molar-refractivity contribution < 1.29 is 67.5 Å². The summed E-state index contributed by atoms with van der Waals surface area (Å²) in [5.74, 6) is -6.23. The number of aromatic carboxylic acids is 2. The standard InChI is InChI=1S/C12H6O8S.C12H2O6S/c13-3-19-5-1-2-6(20-4-14)8-7(5)9(11(15)16)21-10(8)12(17)18;13-9-3-1-2-4-6-5(3)7(11(15)17-9)19-8(6)12(16)18-10(4)14/h1-4H,(H,15,16)(H,17,18);1-2H. The largest absolute Gasteiger partial charge is 0.477 e. The summed E-state index contributed by atoms with van der Waals surface area (Å²) in [6.45, 7) is 0.164. The summed E-state index contributed by atoms with van der Waals surface area (Å²) in [5.41, 5.74) is 0.358. The normalized spacial score (nSPS) is 13.2. The highest BCUT2D eigenvalue weighted by molar-refractivity contribution is 7.18. The molecule has 0 radical (unpaired) electrons. The van der Waals surface area contributed by atoms with Gasteiger partial charge in [0.15, 0.2) is 0 Å². The molecular formula is C24H8O14S2. The van der Waals surface area contributed by atoms with Gasteiger partial charge < -0.3 is 29.2 Å². The first-order chi connectivity index (χ1) is 19.1. The SMILES string of the molecule is O=C1OC(=O)c2sc3c4c(ccc1c24)C(=O)OC3=O.O=COc1ccc(OC=O)c2c(C(=O)O)sc(C(=O)O)c12. The van der Waals surface area contributed by atoms with Crippen LogP contribution in [0.5, 0.6) is 11.5 Å². The Morgan fingerprint density at radius 3 is 1.38 bits per heavy atom. The molecule has 14 nitrogen and oxygen atoms in total. The van der Waals surface area contributed by atoms with Crippen molar-refractivity contribution in [2.75, 3.05) is 0 Å². The smallest absolute Gasteiger partial charge is 0.356 e. The predicted octanol–water partition coefficient (Wildman–Crippen LogP) is 2.89. The third-order valence-electron chi connectivity index (χ3n) is 5.57. The number of rotatable bonds is 6. The molecule has 0 saturated heterocycles. The van der Waals surface area contributed by atoms with Crippen molar-refractivity contribution in [3.05, 3.63) is 54.9 Å². The number of carboxylic acid groups (broad SMARTS) is 2. The van der Waals surface area contributed by atoms with Crippen molar-refractivity contribution in [2.24, 2.45) is 0 Å². The molecule has 0 aliphatic carbocycles. The Hall–Kier alpha value is -5.48. The molecule has 4 heterocycles. The molecule has 16 heteroatoms. The third-order valence-corrected chi connectivity index (χ3v) is 7.89. The summed E-state index contributed by atoms with van der Waals surface area (Å²) in [6.07, 6.45) is 0. The van der Waals surface area contributed by atoms with Crippen LogP contribution in [0, 0.1) is 0 Å².